The summed E-state index contributed by atoms with van der Waals surface area (Å²) < 4.78 is 0. The Hall–Kier alpha value is -1.41. The summed E-state index contributed by atoms with van der Waals surface area (Å²) in [5, 5.41) is 10.2. The Labute approximate surface area is 154 Å². The highest BCUT2D eigenvalue weighted by Crippen LogP contribution is 2.30. The summed E-state index contributed by atoms with van der Waals surface area (Å²) in [5.74, 6) is 0.0880. The average Bonchev–Trinajstić information content (AvgIpc) is 2.52. The van der Waals surface area contributed by atoms with Gasteiger partial charge >= 0.3 is 0 Å². The van der Waals surface area contributed by atoms with Crippen molar-refractivity contribution in [3.05, 3.63) is 46.6 Å². The van der Waals surface area contributed by atoms with Crippen molar-refractivity contribution in [2.45, 2.75) is 79.8 Å². The lowest BCUT2D eigenvalue weighted by Crippen LogP contribution is -2.35. The Morgan fingerprint density at radius 2 is 1.60 bits per heavy atom. The zero-order valence-electron chi connectivity index (χ0n) is 16.9. The Balaban J connectivity index is 2.46. The van der Waals surface area contributed by atoms with Crippen LogP contribution in [0, 0.1) is 11.8 Å². The largest absolute Gasteiger partial charge is 0.389 e. The fourth-order valence-electron chi connectivity index (χ4n) is 3.33. The molecule has 0 fully saturated rings. The molecule has 1 N–H and O–H groups in total. The second kappa shape index (κ2) is 10.6. The van der Waals surface area contributed by atoms with Crippen LogP contribution in [0.3, 0.4) is 0 Å². The number of allylic oxidation sites excluding steroid dienone is 7. The number of ketones is 1. The highest BCUT2D eigenvalue weighted by Gasteiger charge is 2.33. The average molecular weight is 345 g/mol. The van der Waals surface area contributed by atoms with E-state index in [9.17, 15) is 9.90 Å². The van der Waals surface area contributed by atoms with Crippen LogP contribution in [0.25, 0.3) is 0 Å². The smallest absolute Gasteiger partial charge is 0.161 e. The number of carbonyl (C=O) groups is 1. The van der Waals surface area contributed by atoms with Gasteiger partial charge in [-0.3, -0.25) is 4.79 Å². The molecule has 0 spiro atoms. The molecular formula is C23H36O2. The third kappa shape index (κ3) is 7.56. The molecule has 0 aromatic rings. The molecular weight excluding hydrogens is 308 g/mol. The second-order valence-corrected chi connectivity index (χ2v) is 7.85. The first-order valence-electron chi connectivity index (χ1n) is 9.57. The molecule has 25 heavy (non-hydrogen) atoms. The van der Waals surface area contributed by atoms with Gasteiger partial charge in [0.1, 0.15) is 0 Å². The Bertz CT molecular complexity index is 571. The number of hydrogen-bond donors (Lipinski definition) is 1. The van der Waals surface area contributed by atoms with Crippen molar-refractivity contribution in [2.75, 3.05) is 0 Å². The number of hydrogen-bond acceptors (Lipinski definition) is 2. The van der Waals surface area contributed by atoms with Crippen LogP contribution < -0.4 is 0 Å². The van der Waals surface area contributed by atoms with E-state index in [0.29, 0.717) is 5.57 Å². The lowest BCUT2D eigenvalue weighted by atomic mass is 9.76. The van der Waals surface area contributed by atoms with Gasteiger partial charge in [0.05, 0.1) is 6.10 Å². The summed E-state index contributed by atoms with van der Waals surface area (Å²) in [6.45, 7) is 12.4. The maximum atomic E-state index is 12.1. The van der Waals surface area contributed by atoms with E-state index in [-0.39, 0.29) is 17.6 Å². The van der Waals surface area contributed by atoms with E-state index in [1.807, 2.05) is 6.92 Å². The van der Waals surface area contributed by atoms with Gasteiger partial charge in [-0.2, -0.15) is 0 Å². The third-order valence-electron chi connectivity index (χ3n) is 5.17. The van der Waals surface area contributed by atoms with Crippen LogP contribution in [0.2, 0.25) is 0 Å². The Morgan fingerprint density at radius 3 is 2.20 bits per heavy atom. The van der Waals surface area contributed by atoms with E-state index in [1.165, 1.54) is 16.7 Å². The predicted molar refractivity (Wildman–Crippen MR) is 107 cm³/mol. The van der Waals surface area contributed by atoms with Gasteiger partial charge in [-0.05, 0) is 78.4 Å². The van der Waals surface area contributed by atoms with Crippen molar-refractivity contribution in [1.82, 2.24) is 0 Å². The highest BCUT2D eigenvalue weighted by atomic mass is 16.3. The van der Waals surface area contributed by atoms with E-state index in [2.05, 4.69) is 45.9 Å². The van der Waals surface area contributed by atoms with Gasteiger partial charge in [-0.15, -0.1) is 0 Å². The van der Waals surface area contributed by atoms with E-state index in [1.54, 1.807) is 13.0 Å². The molecule has 0 aromatic heterocycles. The third-order valence-corrected chi connectivity index (χ3v) is 5.17. The lowest BCUT2D eigenvalue weighted by molar-refractivity contribution is -0.122. The fraction of sp³-hybridized carbons (Fsp3) is 0.609. The molecule has 3 unspecified atom stereocenters. The molecule has 0 amide bonds. The van der Waals surface area contributed by atoms with Gasteiger partial charge in [0.25, 0.3) is 0 Å². The SMILES string of the molecule is CC(C)=CCC/C(C)=C/CC/C(C)=C/CC1C(O)C=C(C)C(=O)C1C. The van der Waals surface area contributed by atoms with Crippen molar-refractivity contribution >= 4 is 5.78 Å². The fourth-order valence-corrected chi connectivity index (χ4v) is 3.33. The second-order valence-electron chi connectivity index (χ2n) is 7.85. The summed E-state index contributed by atoms with van der Waals surface area (Å²) in [7, 11) is 0. The van der Waals surface area contributed by atoms with Crippen molar-refractivity contribution in [3.8, 4) is 0 Å². The molecule has 0 aliphatic heterocycles. The molecule has 0 aromatic carbocycles. The Kier molecular flexibility index (Phi) is 9.13. The van der Waals surface area contributed by atoms with Gasteiger partial charge in [0.2, 0.25) is 0 Å². The summed E-state index contributed by atoms with van der Waals surface area (Å²) >= 11 is 0. The zero-order valence-corrected chi connectivity index (χ0v) is 16.9. The molecule has 0 saturated carbocycles. The number of aliphatic hydroxyl groups excluding tert-OH is 1. The van der Waals surface area contributed by atoms with Crippen LogP contribution in [0.4, 0.5) is 0 Å². The van der Waals surface area contributed by atoms with Gasteiger partial charge in [-0.1, -0.05) is 41.9 Å². The molecule has 1 aliphatic carbocycles. The standard InChI is InChI=1S/C23H36O2/c1-16(2)9-7-10-17(3)11-8-12-18(4)13-14-21-20(6)23(25)19(5)15-22(21)24/h9,11,13,15,20-22,24H,7-8,10,12,14H2,1-6H3/b17-11+,18-13+. The van der Waals surface area contributed by atoms with Crippen molar-refractivity contribution in [3.63, 3.8) is 0 Å². The number of aliphatic hydroxyl groups is 1. The molecule has 1 aliphatic rings. The number of Topliss-reactive ketones (excluding diaryl/α,β-unsaturated/α-hetero) is 1. The Morgan fingerprint density at radius 1 is 1.04 bits per heavy atom. The topological polar surface area (TPSA) is 37.3 Å². The molecule has 140 valence electrons. The van der Waals surface area contributed by atoms with E-state index in [0.717, 1.165) is 32.1 Å². The zero-order chi connectivity index (χ0) is 19.0. The highest BCUT2D eigenvalue weighted by molar-refractivity contribution is 5.97. The van der Waals surface area contributed by atoms with Crippen LogP contribution >= 0.6 is 0 Å². The van der Waals surface area contributed by atoms with Crippen LogP contribution in [-0.2, 0) is 4.79 Å². The monoisotopic (exact) mass is 344 g/mol. The molecule has 3 atom stereocenters. The van der Waals surface area contributed by atoms with Gasteiger partial charge in [0.15, 0.2) is 5.78 Å². The quantitative estimate of drug-likeness (QED) is 0.553. The van der Waals surface area contributed by atoms with Crippen LogP contribution in [-0.4, -0.2) is 17.0 Å². The van der Waals surface area contributed by atoms with Crippen LogP contribution in [0.1, 0.15) is 73.6 Å². The van der Waals surface area contributed by atoms with Crippen LogP contribution in [0.15, 0.2) is 46.6 Å². The first kappa shape index (κ1) is 21.6. The molecule has 1 rings (SSSR count). The molecule has 0 saturated heterocycles. The number of carbonyl (C=O) groups excluding carboxylic acids is 1. The molecule has 2 heteroatoms. The molecule has 0 bridgehead atoms. The van der Waals surface area contributed by atoms with E-state index >= 15 is 0 Å². The first-order valence-corrected chi connectivity index (χ1v) is 9.57. The predicted octanol–water partition coefficient (Wildman–Crippen LogP) is 5.94. The van der Waals surface area contributed by atoms with Crippen molar-refractivity contribution in [2.24, 2.45) is 11.8 Å². The van der Waals surface area contributed by atoms with Crippen molar-refractivity contribution in [1.29, 1.82) is 0 Å². The van der Waals surface area contributed by atoms with Gasteiger partial charge in [-0.25, -0.2) is 0 Å². The van der Waals surface area contributed by atoms with Gasteiger partial charge in [0, 0.05) is 11.8 Å². The van der Waals surface area contributed by atoms with E-state index < -0.39 is 6.10 Å². The summed E-state index contributed by atoms with van der Waals surface area (Å²) in [4.78, 5) is 12.1. The maximum Gasteiger partial charge on any atom is 0.161 e. The molecule has 0 heterocycles. The molecule has 2 nitrogen and oxygen atoms in total. The minimum Gasteiger partial charge on any atom is -0.389 e. The minimum absolute atomic E-state index is 0.00694. The van der Waals surface area contributed by atoms with E-state index in [4.69, 9.17) is 0 Å². The van der Waals surface area contributed by atoms with Gasteiger partial charge < -0.3 is 5.11 Å². The summed E-state index contributed by atoms with van der Waals surface area (Å²) in [5.41, 5.74) is 4.87. The molecule has 0 radical (unpaired) electrons. The first-order chi connectivity index (χ1) is 11.7. The minimum atomic E-state index is -0.506. The van der Waals surface area contributed by atoms with Crippen molar-refractivity contribution < 1.29 is 9.90 Å². The maximum absolute atomic E-state index is 12.1. The summed E-state index contributed by atoms with van der Waals surface area (Å²) in [6, 6.07) is 0. The summed E-state index contributed by atoms with van der Waals surface area (Å²) in [6.07, 6.45) is 13.2. The lowest BCUT2D eigenvalue weighted by Gasteiger charge is -2.30. The van der Waals surface area contributed by atoms with Crippen LogP contribution in [0.5, 0.6) is 0 Å². The number of rotatable bonds is 8. The normalized spacial score (nSPS) is 25.0.